The molecule has 1 atom stereocenters. The Morgan fingerprint density at radius 3 is 2.50 bits per heavy atom. The van der Waals surface area contributed by atoms with Crippen LogP contribution >= 0.6 is 11.6 Å². The average molecular weight is 288 g/mol. The van der Waals surface area contributed by atoms with Crippen molar-refractivity contribution in [3.8, 4) is 0 Å². The summed E-state index contributed by atoms with van der Waals surface area (Å²) in [6.07, 6.45) is 0.315. The molecule has 0 aromatic heterocycles. The van der Waals surface area contributed by atoms with Crippen molar-refractivity contribution in [1.29, 1.82) is 0 Å². The fourth-order valence-electron chi connectivity index (χ4n) is 2.25. The van der Waals surface area contributed by atoms with Crippen LogP contribution in [-0.4, -0.2) is 12.3 Å². The SMILES string of the molecule is Cc1ccc(CC(=O)C(CN)c2ccccc2)c(Cl)c1. The van der Waals surface area contributed by atoms with Crippen LogP contribution in [0.3, 0.4) is 0 Å². The number of carbonyl (C=O) groups excluding carboxylic acids is 1. The van der Waals surface area contributed by atoms with Crippen LogP contribution in [0.5, 0.6) is 0 Å². The van der Waals surface area contributed by atoms with Crippen LogP contribution in [0, 0.1) is 6.92 Å². The van der Waals surface area contributed by atoms with Crippen molar-refractivity contribution in [2.24, 2.45) is 5.73 Å². The second-order valence-electron chi connectivity index (χ2n) is 4.94. The van der Waals surface area contributed by atoms with Crippen molar-refractivity contribution in [3.05, 3.63) is 70.2 Å². The lowest BCUT2D eigenvalue weighted by molar-refractivity contribution is -0.119. The molecule has 2 nitrogen and oxygen atoms in total. The molecule has 0 heterocycles. The van der Waals surface area contributed by atoms with E-state index in [0.717, 1.165) is 16.7 Å². The first-order valence-electron chi connectivity index (χ1n) is 6.64. The standard InChI is InChI=1S/C17H18ClNO/c1-12-7-8-14(16(18)9-12)10-17(20)15(11-19)13-5-3-2-4-6-13/h2-9,15H,10-11,19H2,1H3. The molecule has 0 aliphatic heterocycles. The van der Waals surface area contributed by atoms with E-state index in [4.69, 9.17) is 17.3 Å². The molecule has 0 bridgehead atoms. The quantitative estimate of drug-likeness (QED) is 0.914. The lowest BCUT2D eigenvalue weighted by atomic mass is 9.91. The summed E-state index contributed by atoms with van der Waals surface area (Å²) in [6, 6.07) is 15.4. The van der Waals surface area contributed by atoms with E-state index in [0.29, 0.717) is 18.0 Å². The number of hydrogen-bond donors (Lipinski definition) is 1. The molecule has 0 saturated heterocycles. The van der Waals surface area contributed by atoms with E-state index >= 15 is 0 Å². The van der Waals surface area contributed by atoms with Gasteiger partial charge < -0.3 is 5.73 Å². The number of rotatable bonds is 5. The van der Waals surface area contributed by atoms with Gasteiger partial charge in [0.2, 0.25) is 0 Å². The van der Waals surface area contributed by atoms with Gasteiger partial charge in [-0.05, 0) is 29.7 Å². The highest BCUT2D eigenvalue weighted by Gasteiger charge is 2.19. The third-order valence-electron chi connectivity index (χ3n) is 3.40. The fourth-order valence-corrected chi connectivity index (χ4v) is 2.55. The van der Waals surface area contributed by atoms with Crippen LogP contribution in [0.25, 0.3) is 0 Å². The number of ketones is 1. The zero-order valence-corrected chi connectivity index (χ0v) is 12.2. The van der Waals surface area contributed by atoms with E-state index in [9.17, 15) is 4.79 Å². The second kappa shape index (κ2) is 6.69. The molecular weight excluding hydrogens is 270 g/mol. The van der Waals surface area contributed by atoms with Crippen molar-refractivity contribution in [2.45, 2.75) is 19.3 Å². The van der Waals surface area contributed by atoms with Crippen molar-refractivity contribution < 1.29 is 4.79 Å². The molecule has 0 saturated carbocycles. The first-order valence-corrected chi connectivity index (χ1v) is 7.02. The van der Waals surface area contributed by atoms with Crippen LogP contribution in [0.4, 0.5) is 0 Å². The van der Waals surface area contributed by atoms with Gasteiger partial charge in [-0.15, -0.1) is 0 Å². The smallest absolute Gasteiger partial charge is 0.146 e. The Balaban J connectivity index is 2.18. The van der Waals surface area contributed by atoms with Gasteiger partial charge in [0.15, 0.2) is 0 Å². The second-order valence-corrected chi connectivity index (χ2v) is 5.34. The van der Waals surface area contributed by atoms with Crippen LogP contribution in [0.15, 0.2) is 48.5 Å². The number of halogens is 1. The molecular formula is C17H18ClNO. The number of aryl methyl sites for hydroxylation is 1. The van der Waals surface area contributed by atoms with Gasteiger partial charge in [-0.2, -0.15) is 0 Å². The van der Waals surface area contributed by atoms with Crippen LogP contribution in [0.1, 0.15) is 22.6 Å². The number of nitrogens with two attached hydrogens (primary N) is 1. The normalized spacial score (nSPS) is 12.2. The van der Waals surface area contributed by atoms with Crippen LogP contribution < -0.4 is 5.73 Å². The molecule has 0 aliphatic rings. The molecule has 2 rings (SSSR count). The highest BCUT2D eigenvalue weighted by molar-refractivity contribution is 6.31. The van der Waals surface area contributed by atoms with E-state index < -0.39 is 0 Å². The van der Waals surface area contributed by atoms with Crippen LogP contribution in [-0.2, 0) is 11.2 Å². The molecule has 1 unspecified atom stereocenters. The predicted octanol–water partition coefficient (Wildman–Crippen LogP) is 3.50. The Hall–Kier alpha value is -1.64. The Labute approximate surface area is 124 Å². The van der Waals surface area contributed by atoms with E-state index in [1.165, 1.54) is 0 Å². The van der Waals surface area contributed by atoms with Gasteiger partial charge in [-0.3, -0.25) is 4.79 Å². The van der Waals surface area contributed by atoms with E-state index in [1.807, 2.05) is 55.5 Å². The van der Waals surface area contributed by atoms with E-state index in [2.05, 4.69) is 0 Å². The lowest BCUT2D eigenvalue weighted by Gasteiger charge is -2.14. The molecule has 0 aliphatic carbocycles. The summed E-state index contributed by atoms with van der Waals surface area (Å²) in [7, 11) is 0. The number of Topliss-reactive ketones (excluding diaryl/α,β-unsaturated/α-hetero) is 1. The summed E-state index contributed by atoms with van der Waals surface area (Å²) in [4.78, 5) is 12.4. The Bertz CT molecular complexity index is 595. The van der Waals surface area contributed by atoms with Crippen molar-refractivity contribution in [3.63, 3.8) is 0 Å². The minimum Gasteiger partial charge on any atom is -0.329 e. The molecule has 2 N–H and O–H groups in total. The maximum Gasteiger partial charge on any atom is 0.146 e. The zero-order chi connectivity index (χ0) is 14.5. The molecule has 2 aromatic carbocycles. The summed E-state index contributed by atoms with van der Waals surface area (Å²) in [5.74, 6) is -0.168. The molecule has 0 fully saturated rings. The van der Waals surface area contributed by atoms with Gasteiger partial charge in [0, 0.05) is 18.0 Å². The first kappa shape index (κ1) is 14.8. The van der Waals surface area contributed by atoms with Gasteiger partial charge in [-0.1, -0.05) is 54.1 Å². The number of hydrogen-bond acceptors (Lipinski definition) is 2. The number of benzene rings is 2. The Morgan fingerprint density at radius 2 is 1.90 bits per heavy atom. The summed E-state index contributed by atoms with van der Waals surface area (Å²) in [5, 5.41) is 0.641. The van der Waals surface area contributed by atoms with Gasteiger partial charge >= 0.3 is 0 Å². The maximum atomic E-state index is 12.4. The van der Waals surface area contributed by atoms with Crippen molar-refractivity contribution >= 4 is 17.4 Å². The highest BCUT2D eigenvalue weighted by Crippen LogP contribution is 2.22. The van der Waals surface area contributed by atoms with Gasteiger partial charge in [-0.25, -0.2) is 0 Å². The minimum absolute atomic E-state index is 0.101. The first-order chi connectivity index (χ1) is 9.61. The van der Waals surface area contributed by atoms with Crippen molar-refractivity contribution in [2.75, 3.05) is 6.54 Å². The topological polar surface area (TPSA) is 43.1 Å². The highest BCUT2D eigenvalue weighted by atomic mass is 35.5. The van der Waals surface area contributed by atoms with Crippen LogP contribution in [0.2, 0.25) is 5.02 Å². The fraction of sp³-hybridized carbons (Fsp3) is 0.235. The Kier molecular flexibility index (Phi) is 4.94. The summed E-state index contributed by atoms with van der Waals surface area (Å²) >= 11 is 6.18. The number of carbonyl (C=O) groups is 1. The lowest BCUT2D eigenvalue weighted by Crippen LogP contribution is -2.23. The monoisotopic (exact) mass is 287 g/mol. The third-order valence-corrected chi connectivity index (χ3v) is 3.75. The molecule has 0 spiro atoms. The molecule has 0 amide bonds. The van der Waals surface area contributed by atoms with Crippen molar-refractivity contribution in [1.82, 2.24) is 0 Å². The largest absolute Gasteiger partial charge is 0.329 e. The van der Waals surface area contributed by atoms with Gasteiger partial charge in [0.25, 0.3) is 0 Å². The Morgan fingerprint density at radius 1 is 1.20 bits per heavy atom. The van der Waals surface area contributed by atoms with Gasteiger partial charge in [0.05, 0.1) is 5.92 Å². The molecule has 0 radical (unpaired) electrons. The predicted molar refractivity (Wildman–Crippen MR) is 83.1 cm³/mol. The molecule has 104 valence electrons. The molecule has 20 heavy (non-hydrogen) atoms. The molecule has 3 heteroatoms. The summed E-state index contributed by atoms with van der Waals surface area (Å²) in [5.41, 5.74) is 8.67. The maximum absolute atomic E-state index is 12.4. The third kappa shape index (κ3) is 3.47. The minimum atomic E-state index is -0.270. The average Bonchev–Trinajstić information content (AvgIpc) is 2.44. The van der Waals surface area contributed by atoms with E-state index in [-0.39, 0.29) is 11.7 Å². The summed E-state index contributed by atoms with van der Waals surface area (Å²) in [6.45, 7) is 2.29. The molecule has 2 aromatic rings. The summed E-state index contributed by atoms with van der Waals surface area (Å²) < 4.78 is 0. The van der Waals surface area contributed by atoms with Gasteiger partial charge in [0.1, 0.15) is 5.78 Å². The van der Waals surface area contributed by atoms with E-state index in [1.54, 1.807) is 0 Å². The zero-order valence-electron chi connectivity index (χ0n) is 11.5.